The Balaban J connectivity index is 1.22. The molecule has 27 heavy (non-hydrogen) atoms. The lowest BCUT2D eigenvalue weighted by molar-refractivity contribution is -0.168. The van der Waals surface area contributed by atoms with Crippen LogP contribution in [0.2, 0.25) is 0 Å². The van der Waals surface area contributed by atoms with E-state index in [9.17, 15) is 4.79 Å². The summed E-state index contributed by atoms with van der Waals surface area (Å²) in [7, 11) is 2.15. The van der Waals surface area contributed by atoms with Crippen molar-refractivity contribution in [2.75, 3.05) is 33.3 Å². The quantitative estimate of drug-likeness (QED) is 0.812. The lowest BCUT2D eigenvalue weighted by Crippen LogP contribution is -2.66. The number of nitrogens with zero attached hydrogens (tertiary/aromatic N) is 4. The molecular weight excluding hydrogens is 340 g/mol. The number of hydrogen-bond acceptors (Lipinski definition) is 5. The summed E-state index contributed by atoms with van der Waals surface area (Å²) in [4.78, 5) is 24.9. The van der Waals surface area contributed by atoms with Crippen LogP contribution in [0.25, 0.3) is 0 Å². The molecular formula is C21H26N4O2. The number of ether oxygens (including phenoxy) is 1. The second-order valence-electron chi connectivity index (χ2n) is 7.83. The fourth-order valence-electron chi connectivity index (χ4n) is 4.06. The Kier molecular flexibility index (Phi) is 5.18. The van der Waals surface area contributed by atoms with E-state index in [2.05, 4.69) is 28.0 Å². The summed E-state index contributed by atoms with van der Waals surface area (Å²) in [6.45, 7) is 4.05. The summed E-state index contributed by atoms with van der Waals surface area (Å²) in [5.41, 5.74) is 1.61. The maximum absolute atomic E-state index is 12.4. The minimum absolute atomic E-state index is 0.00292. The zero-order chi connectivity index (χ0) is 18.7. The molecule has 0 N–H and O–H groups in total. The summed E-state index contributed by atoms with van der Waals surface area (Å²) >= 11 is 0. The molecule has 0 aliphatic carbocycles. The van der Waals surface area contributed by atoms with Gasteiger partial charge in [-0.05, 0) is 49.6 Å². The van der Waals surface area contributed by atoms with Crippen LogP contribution < -0.4 is 0 Å². The summed E-state index contributed by atoms with van der Waals surface area (Å²) in [5.74, 6) is 0.543. The van der Waals surface area contributed by atoms with Crippen molar-refractivity contribution in [2.45, 2.75) is 25.0 Å². The second-order valence-corrected chi connectivity index (χ2v) is 7.83. The number of carbonyl (C=O) groups is 1. The van der Waals surface area contributed by atoms with Crippen molar-refractivity contribution >= 4 is 5.91 Å². The first-order valence-corrected chi connectivity index (χ1v) is 9.55. The molecule has 2 fully saturated rings. The molecule has 1 unspecified atom stereocenters. The minimum atomic E-state index is -0.136. The van der Waals surface area contributed by atoms with Gasteiger partial charge in [-0.15, -0.1) is 0 Å². The van der Waals surface area contributed by atoms with E-state index in [0.717, 1.165) is 32.5 Å². The van der Waals surface area contributed by atoms with Crippen molar-refractivity contribution in [3.8, 4) is 0 Å². The van der Waals surface area contributed by atoms with Crippen LogP contribution in [-0.4, -0.2) is 64.6 Å². The van der Waals surface area contributed by atoms with E-state index in [0.29, 0.717) is 24.7 Å². The molecule has 1 atom stereocenters. The van der Waals surface area contributed by atoms with E-state index in [1.54, 1.807) is 18.5 Å². The van der Waals surface area contributed by atoms with Gasteiger partial charge in [-0.1, -0.05) is 12.1 Å². The average Bonchev–Trinajstić information content (AvgIpc) is 2.68. The van der Waals surface area contributed by atoms with E-state index >= 15 is 0 Å². The molecule has 6 nitrogen and oxygen atoms in total. The van der Waals surface area contributed by atoms with Gasteiger partial charge in [0.05, 0.1) is 19.7 Å². The molecule has 0 saturated carbocycles. The second kappa shape index (κ2) is 7.74. The fraction of sp³-hybridized carbons (Fsp3) is 0.476. The van der Waals surface area contributed by atoms with Crippen molar-refractivity contribution in [1.29, 1.82) is 0 Å². The van der Waals surface area contributed by atoms with Crippen LogP contribution in [0.4, 0.5) is 0 Å². The number of aromatic nitrogens is 2. The Bertz CT molecular complexity index is 752. The predicted octanol–water partition coefficient (Wildman–Crippen LogP) is 2.23. The summed E-state index contributed by atoms with van der Waals surface area (Å²) in [6.07, 6.45) is 7.54. The third-order valence-electron chi connectivity index (χ3n) is 5.51. The highest BCUT2D eigenvalue weighted by atomic mass is 16.5. The lowest BCUT2D eigenvalue weighted by atomic mass is 9.82. The summed E-state index contributed by atoms with van der Waals surface area (Å²) < 4.78 is 6.23. The Labute approximate surface area is 160 Å². The van der Waals surface area contributed by atoms with Crippen LogP contribution in [0.1, 0.15) is 28.9 Å². The smallest absolute Gasteiger partial charge is 0.272 e. The Morgan fingerprint density at radius 3 is 2.85 bits per heavy atom. The highest BCUT2D eigenvalue weighted by Gasteiger charge is 2.48. The van der Waals surface area contributed by atoms with Crippen LogP contribution in [-0.2, 0) is 11.3 Å². The van der Waals surface area contributed by atoms with Gasteiger partial charge in [-0.3, -0.25) is 14.8 Å². The SMILES string of the molecule is CN(Cc1cccnc1)CC1CCC2(CN(C(=O)c3ccccn3)C2)OC1. The van der Waals surface area contributed by atoms with Gasteiger partial charge >= 0.3 is 0 Å². The zero-order valence-electron chi connectivity index (χ0n) is 15.8. The first kappa shape index (κ1) is 18.1. The third-order valence-corrected chi connectivity index (χ3v) is 5.51. The topological polar surface area (TPSA) is 58.6 Å². The lowest BCUT2D eigenvalue weighted by Gasteiger charge is -2.52. The molecule has 0 aromatic carbocycles. The van der Waals surface area contributed by atoms with Crippen LogP contribution >= 0.6 is 0 Å². The molecule has 2 saturated heterocycles. The summed E-state index contributed by atoms with van der Waals surface area (Å²) in [5, 5.41) is 0. The molecule has 2 aromatic heterocycles. The molecule has 4 heterocycles. The number of likely N-dealkylation sites (tertiary alicyclic amines) is 1. The van der Waals surface area contributed by atoms with Crippen molar-refractivity contribution in [3.63, 3.8) is 0 Å². The largest absolute Gasteiger partial charge is 0.371 e. The molecule has 0 radical (unpaired) electrons. The minimum Gasteiger partial charge on any atom is -0.371 e. The molecule has 0 bridgehead atoms. The third kappa shape index (κ3) is 4.17. The van der Waals surface area contributed by atoms with Crippen molar-refractivity contribution in [2.24, 2.45) is 5.92 Å². The van der Waals surface area contributed by atoms with Crippen molar-refractivity contribution in [3.05, 3.63) is 60.2 Å². The van der Waals surface area contributed by atoms with Gasteiger partial charge in [-0.25, -0.2) is 0 Å². The molecule has 2 aliphatic heterocycles. The van der Waals surface area contributed by atoms with Crippen molar-refractivity contribution in [1.82, 2.24) is 19.8 Å². The predicted molar refractivity (Wildman–Crippen MR) is 102 cm³/mol. The van der Waals surface area contributed by atoms with Gasteiger partial charge in [-0.2, -0.15) is 0 Å². The van der Waals surface area contributed by atoms with Gasteiger partial charge < -0.3 is 14.5 Å². The Morgan fingerprint density at radius 1 is 1.30 bits per heavy atom. The van der Waals surface area contributed by atoms with Gasteiger partial charge in [0, 0.05) is 31.7 Å². The molecule has 142 valence electrons. The molecule has 1 spiro atoms. The number of hydrogen-bond donors (Lipinski definition) is 0. The van der Waals surface area contributed by atoms with Crippen LogP contribution in [0.15, 0.2) is 48.9 Å². The van der Waals surface area contributed by atoms with E-state index in [4.69, 9.17) is 4.74 Å². The molecule has 2 aromatic rings. The number of amides is 1. The van der Waals surface area contributed by atoms with Gasteiger partial charge in [0.15, 0.2) is 0 Å². The molecule has 2 aliphatic rings. The maximum Gasteiger partial charge on any atom is 0.272 e. The van der Waals surface area contributed by atoms with E-state index in [1.165, 1.54) is 5.56 Å². The monoisotopic (exact) mass is 366 g/mol. The number of carbonyl (C=O) groups excluding carboxylic acids is 1. The van der Waals surface area contributed by atoms with E-state index in [1.807, 2.05) is 29.3 Å². The fourth-order valence-corrected chi connectivity index (χ4v) is 4.06. The number of pyridine rings is 2. The normalized spacial score (nSPS) is 21.3. The van der Waals surface area contributed by atoms with Gasteiger partial charge in [0.1, 0.15) is 11.3 Å². The average molecular weight is 366 g/mol. The number of rotatable bonds is 5. The highest BCUT2D eigenvalue weighted by molar-refractivity contribution is 5.93. The Morgan fingerprint density at radius 2 is 2.19 bits per heavy atom. The first-order valence-electron chi connectivity index (χ1n) is 9.55. The zero-order valence-corrected chi connectivity index (χ0v) is 15.8. The standard InChI is InChI=1S/C21H26N4O2/c1-24(12-17-5-4-9-22-11-17)13-18-7-8-21(27-14-18)15-25(16-21)20(26)19-6-2-3-10-23-19/h2-6,9-11,18H,7-8,12-16H2,1H3. The van der Waals surface area contributed by atoms with Crippen LogP contribution in [0.3, 0.4) is 0 Å². The van der Waals surface area contributed by atoms with Gasteiger partial charge in [0.25, 0.3) is 5.91 Å². The highest BCUT2D eigenvalue weighted by Crippen LogP contribution is 2.36. The molecule has 6 heteroatoms. The van der Waals surface area contributed by atoms with Crippen LogP contribution in [0, 0.1) is 5.92 Å². The maximum atomic E-state index is 12.4. The first-order chi connectivity index (χ1) is 13.1. The summed E-state index contributed by atoms with van der Waals surface area (Å²) in [6, 6.07) is 9.52. The van der Waals surface area contributed by atoms with E-state index < -0.39 is 0 Å². The van der Waals surface area contributed by atoms with Crippen molar-refractivity contribution < 1.29 is 9.53 Å². The molecule has 4 rings (SSSR count). The van der Waals surface area contributed by atoms with Gasteiger partial charge in [0.2, 0.25) is 0 Å². The molecule has 1 amide bonds. The van der Waals surface area contributed by atoms with E-state index in [-0.39, 0.29) is 11.5 Å². The Hall–Kier alpha value is -2.31. The van der Waals surface area contributed by atoms with Crippen LogP contribution in [0.5, 0.6) is 0 Å².